The molecule has 0 aromatic heterocycles. The summed E-state index contributed by atoms with van der Waals surface area (Å²) in [5.41, 5.74) is 1.28. The Morgan fingerprint density at radius 3 is 2.36 bits per heavy atom. The molecular weight excluding hydrogens is 381 g/mol. The van der Waals surface area contributed by atoms with Gasteiger partial charge in [-0.25, -0.2) is 17.5 Å². The van der Waals surface area contributed by atoms with Crippen LogP contribution in [-0.4, -0.2) is 51.9 Å². The van der Waals surface area contributed by atoms with Crippen LogP contribution in [0.5, 0.6) is 0 Å². The number of piperazine rings is 1. The number of amides is 1. The van der Waals surface area contributed by atoms with E-state index in [1.807, 2.05) is 18.2 Å². The maximum atomic E-state index is 13.7. The van der Waals surface area contributed by atoms with Gasteiger partial charge in [0.1, 0.15) is 17.3 Å². The Kier molecular flexibility index (Phi) is 6.77. The summed E-state index contributed by atoms with van der Waals surface area (Å²) in [4.78, 5) is 15.2. The van der Waals surface area contributed by atoms with E-state index in [0.717, 1.165) is 25.7 Å². The summed E-state index contributed by atoms with van der Waals surface area (Å²) < 4.78 is 40.3. The lowest BCUT2D eigenvalue weighted by Crippen LogP contribution is -3.13. The molecule has 1 amide bonds. The Hall–Kier alpha value is -2.29. The predicted molar refractivity (Wildman–Crippen MR) is 104 cm³/mol. The van der Waals surface area contributed by atoms with Crippen molar-refractivity contribution in [1.82, 2.24) is 9.62 Å². The van der Waals surface area contributed by atoms with Crippen LogP contribution >= 0.6 is 0 Å². The topological polar surface area (TPSA) is 70.9 Å². The number of benzene rings is 2. The zero-order valence-corrected chi connectivity index (χ0v) is 16.4. The molecule has 1 heterocycles. The number of quaternary nitrogens is 1. The highest BCUT2D eigenvalue weighted by molar-refractivity contribution is 7.89. The van der Waals surface area contributed by atoms with Crippen molar-refractivity contribution in [3.05, 3.63) is 66.0 Å². The van der Waals surface area contributed by atoms with Gasteiger partial charge < -0.3 is 9.80 Å². The normalized spacial score (nSPS) is 15.5. The molecular formula is C20H25FN3O3S+. The summed E-state index contributed by atoms with van der Waals surface area (Å²) >= 11 is 0. The van der Waals surface area contributed by atoms with Crippen molar-refractivity contribution in [2.75, 3.05) is 32.7 Å². The molecule has 6 nitrogen and oxygen atoms in total. The van der Waals surface area contributed by atoms with Gasteiger partial charge in [0.2, 0.25) is 15.9 Å². The van der Waals surface area contributed by atoms with Crippen molar-refractivity contribution < 1.29 is 22.5 Å². The minimum atomic E-state index is -3.96. The van der Waals surface area contributed by atoms with Crippen LogP contribution in [0.1, 0.15) is 12.0 Å². The van der Waals surface area contributed by atoms with Crippen LogP contribution in [0.3, 0.4) is 0 Å². The number of sulfonamides is 1. The molecule has 2 N–H and O–H groups in total. The highest BCUT2D eigenvalue weighted by Crippen LogP contribution is 2.13. The van der Waals surface area contributed by atoms with Crippen LogP contribution in [0.2, 0.25) is 0 Å². The lowest BCUT2D eigenvalue weighted by atomic mass is 10.2. The van der Waals surface area contributed by atoms with Gasteiger partial charge in [0.15, 0.2) is 0 Å². The zero-order valence-electron chi connectivity index (χ0n) is 15.6. The first kappa shape index (κ1) is 20.4. The maximum Gasteiger partial charge on any atom is 0.243 e. The number of carbonyl (C=O) groups excluding carboxylic acids is 1. The number of rotatable bonds is 7. The standard InChI is InChI=1S/C20H24FN3O3S/c21-18-8-4-5-9-19(18)28(26,27)22-11-10-20(25)24-14-12-23(13-15-24)16-17-6-2-1-3-7-17/h1-9,22H,10-16H2/p+1. The van der Waals surface area contributed by atoms with E-state index in [-0.39, 0.29) is 18.9 Å². The van der Waals surface area contributed by atoms with Crippen molar-refractivity contribution in [3.63, 3.8) is 0 Å². The number of hydrogen-bond donors (Lipinski definition) is 2. The van der Waals surface area contributed by atoms with E-state index in [0.29, 0.717) is 13.1 Å². The van der Waals surface area contributed by atoms with Crippen LogP contribution < -0.4 is 9.62 Å². The van der Waals surface area contributed by atoms with E-state index >= 15 is 0 Å². The average Bonchev–Trinajstić information content (AvgIpc) is 2.69. The minimum Gasteiger partial charge on any atom is -0.331 e. The van der Waals surface area contributed by atoms with E-state index in [1.165, 1.54) is 28.7 Å². The summed E-state index contributed by atoms with van der Waals surface area (Å²) in [7, 11) is -3.96. The minimum absolute atomic E-state index is 0.0490. The Morgan fingerprint density at radius 1 is 1.04 bits per heavy atom. The molecule has 1 fully saturated rings. The van der Waals surface area contributed by atoms with Crippen LogP contribution in [0.15, 0.2) is 59.5 Å². The van der Waals surface area contributed by atoms with Crippen molar-refractivity contribution in [3.8, 4) is 0 Å². The van der Waals surface area contributed by atoms with E-state index in [1.54, 1.807) is 4.90 Å². The molecule has 3 rings (SSSR count). The number of nitrogens with zero attached hydrogens (tertiary/aromatic N) is 1. The number of nitrogens with one attached hydrogen (secondary N) is 2. The van der Waals surface area contributed by atoms with E-state index in [9.17, 15) is 17.6 Å². The second-order valence-corrected chi connectivity index (χ2v) is 8.61. The molecule has 0 saturated carbocycles. The van der Waals surface area contributed by atoms with Gasteiger partial charge in [-0.2, -0.15) is 0 Å². The molecule has 0 unspecified atom stereocenters. The highest BCUT2D eigenvalue weighted by Gasteiger charge is 2.24. The van der Waals surface area contributed by atoms with E-state index < -0.39 is 20.7 Å². The average molecular weight is 407 g/mol. The van der Waals surface area contributed by atoms with E-state index in [2.05, 4.69) is 16.9 Å². The first-order valence-corrected chi connectivity index (χ1v) is 10.8. The van der Waals surface area contributed by atoms with Crippen molar-refractivity contribution in [1.29, 1.82) is 0 Å². The SMILES string of the molecule is O=C(CCNS(=O)(=O)c1ccccc1F)N1CC[NH+](Cc2ccccc2)CC1. The van der Waals surface area contributed by atoms with Crippen LogP contribution in [0, 0.1) is 5.82 Å². The van der Waals surface area contributed by atoms with Gasteiger partial charge in [-0.3, -0.25) is 4.79 Å². The monoisotopic (exact) mass is 406 g/mol. The molecule has 0 atom stereocenters. The van der Waals surface area contributed by atoms with Gasteiger partial charge in [0.25, 0.3) is 0 Å². The summed E-state index contributed by atoms with van der Waals surface area (Å²) in [6.07, 6.45) is 0.0572. The molecule has 2 aromatic rings. The van der Waals surface area contributed by atoms with Crippen LogP contribution in [0.25, 0.3) is 0 Å². The number of hydrogen-bond acceptors (Lipinski definition) is 3. The van der Waals surface area contributed by atoms with Crippen molar-refractivity contribution in [2.24, 2.45) is 0 Å². The Balaban J connectivity index is 1.43. The van der Waals surface area contributed by atoms with Gasteiger partial charge in [-0.05, 0) is 12.1 Å². The zero-order chi connectivity index (χ0) is 20.0. The Labute approximate surface area is 165 Å². The second-order valence-electron chi connectivity index (χ2n) is 6.87. The molecule has 2 aromatic carbocycles. The Bertz CT molecular complexity index is 898. The maximum absolute atomic E-state index is 13.7. The fourth-order valence-electron chi connectivity index (χ4n) is 3.32. The van der Waals surface area contributed by atoms with Gasteiger partial charge in [0, 0.05) is 18.5 Å². The molecule has 0 spiro atoms. The van der Waals surface area contributed by atoms with Gasteiger partial charge in [-0.15, -0.1) is 0 Å². The van der Waals surface area contributed by atoms with Crippen molar-refractivity contribution in [2.45, 2.75) is 17.9 Å². The molecule has 8 heteroatoms. The van der Waals surface area contributed by atoms with Gasteiger partial charge in [-0.1, -0.05) is 42.5 Å². The first-order chi connectivity index (χ1) is 13.5. The molecule has 28 heavy (non-hydrogen) atoms. The lowest BCUT2D eigenvalue weighted by Gasteiger charge is -2.32. The molecule has 1 saturated heterocycles. The van der Waals surface area contributed by atoms with Crippen LogP contribution in [0.4, 0.5) is 4.39 Å². The first-order valence-electron chi connectivity index (χ1n) is 9.35. The largest absolute Gasteiger partial charge is 0.331 e. The van der Waals surface area contributed by atoms with Crippen LogP contribution in [-0.2, 0) is 21.4 Å². The number of carbonyl (C=O) groups is 1. The second kappa shape index (κ2) is 9.27. The fraction of sp³-hybridized carbons (Fsp3) is 0.350. The quantitative estimate of drug-likeness (QED) is 0.700. The highest BCUT2D eigenvalue weighted by atomic mass is 32.2. The summed E-state index contributed by atoms with van der Waals surface area (Å²) in [5.74, 6) is -0.895. The molecule has 0 bridgehead atoms. The molecule has 0 aliphatic carbocycles. The summed E-state index contributed by atoms with van der Waals surface area (Å²) in [6, 6.07) is 15.4. The summed E-state index contributed by atoms with van der Waals surface area (Å²) in [5, 5.41) is 0. The summed E-state index contributed by atoms with van der Waals surface area (Å²) in [6.45, 7) is 3.92. The fourth-order valence-corrected chi connectivity index (χ4v) is 4.43. The van der Waals surface area contributed by atoms with Gasteiger partial charge in [0.05, 0.1) is 26.2 Å². The van der Waals surface area contributed by atoms with E-state index in [4.69, 9.17) is 0 Å². The third kappa shape index (κ3) is 5.37. The predicted octanol–water partition coefficient (Wildman–Crippen LogP) is 0.421. The Morgan fingerprint density at radius 2 is 1.68 bits per heavy atom. The van der Waals surface area contributed by atoms with Crippen molar-refractivity contribution >= 4 is 15.9 Å². The number of halogens is 1. The molecule has 0 radical (unpaired) electrons. The lowest BCUT2D eigenvalue weighted by molar-refractivity contribution is -0.917. The molecule has 1 aliphatic heterocycles. The molecule has 150 valence electrons. The third-order valence-corrected chi connectivity index (χ3v) is 6.37. The van der Waals surface area contributed by atoms with Gasteiger partial charge >= 0.3 is 0 Å². The smallest absolute Gasteiger partial charge is 0.243 e. The molecule has 1 aliphatic rings. The third-order valence-electron chi connectivity index (χ3n) is 4.88.